The maximum atomic E-state index is 9.48. The van der Waals surface area contributed by atoms with E-state index in [4.69, 9.17) is 16.7 Å². The number of halogens is 1. The van der Waals surface area contributed by atoms with Gasteiger partial charge in [0, 0.05) is 11.9 Å². The van der Waals surface area contributed by atoms with Crippen molar-refractivity contribution in [2.45, 2.75) is 52.0 Å². The molecule has 0 aliphatic rings. The van der Waals surface area contributed by atoms with Gasteiger partial charge in [-0.15, -0.1) is 11.6 Å². The SMILES string of the molecule is CC(O)NC(C)CC(CCCl)C(C)O. The molecule has 0 bridgehead atoms. The van der Waals surface area contributed by atoms with Crippen molar-refractivity contribution in [2.75, 3.05) is 5.88 Å². The predicted molar refractivity (Wildman–Crippen MR) is 59.4 cm³/mol. The summed E-state index contributed by atoms with van der Waals surface area (Å²) in [5, 5.41) is 21.6. The standard InChI is InChI=1S/C10H22ClNO2/c1-7(12-9(3)14)6-10(4-5-11)8(2)13/h7-10,12-14H,4-6H2,1-3H3. The van der Waals surface area contributed by atoms with Crippen molar-refractivity contribution in [3.63, 3.8) is 0 Å². The van der Waals surface area contributed by atoms with E-state index in [2.05, 4.69) is 5.32 Å². The van der Waals surface area contributed by atoms with Crippen LogP contribution in [0.4, 0.5) is 0 Å². The molecule has 4 unspecified atom stereocenters. The highest BCUT2D eigenvalue weighted by molar-refractivity contribution is 6.17. The molecule has 14 heavy (non-hydrogen) atoms. The number of hydrogen-bond acceptors (Lipinski definition) is 3. The molecule has 3 N–H and O–H groups in total. The molecule has 0 rings (SSSR count). The summed E-state index contributed by atoms with van der Waals surface area (Å²) < 4.78 is 0. The monoisotopic (exact) mass is 223 g/mol. The molecule has 0 saturated carbocycles. The second-order valence-corrected chi connectivity index (χ2v) is 4.34. The molecule has 3 nitrogen and oxygen atoms in total. The third kappa shape index (κ3) is 6.60. The summed E-state index contributed by atoms with van der Waals surface area (Å²) in [5.41, 5.74) is 0. The first kappa shape index (κ1) is 14.2. The van der Waals surface area contributed by atoms with Gasteiger partial charge in [0.15, 0.2) is 0 Å². The summed E-state index contributed by atoms with van der Waals surface area (Å²) in [7, 11) is 0. The van der Waals surface area contributed by atoms with Crippen LogP contribution in [0.25, 0.3) is 0 Å². The van der Waals surface area contributed by atoms with E-state index in [1.54, 1.807) is 13.8 Å². The van der Waals surface area contributed by atoms with Gasteiger partial charge < -0.3 is 10.2 Å². The van der Waals surface area contributed by atoms with E-state index in [0.717, 1.165) is 12.8 Å². The van der Waals surface area contributed by atoms with E-state index >= 15 is 0 Å². The van der Waals surface area contributed by atoms with Crippen molar-refractivity contribution in [1.82, 2.24) is 5.32 Å². The number of hydrogen-bond donors (Lipinski definition) is 3. The zero-order valence-electron chi connectivity index (χ0n) is 9.20. The van der Waals surface area contributed by atoms with Gasteiger partial charge in [-0.25, -0.2) is 0 Å². The van der Waals surface area contributed by atoms with Gasteiger partial charge >= 0.3 is 0 Å². The highest BCUT2D eigenvalue weighted by Crippen LogP contribution is 2.16. The number of alkyl halides is 1. The lowest BCUT2D eigenvalue weighted by molar-refractivity contribution is 0.0954. The Hall–Kier alpha value is 0.170. The summed E-state index contributed by atoms with van der Waals surface area (Å²) in [4.78, 5) is 0. The second kappa shape index (κ2) is 7.46. The average molecular weight is 224 g/mol. The fraction of sp³-hybridized carbons (Fsp3) is 1.00. The molecule has 0 aliphatic heterocycles. The Labute approximate surface area is 91.5 Å². The zero-order valence-corrected chi connectivity index (χ0v) is 9.96. The van der Waals surface area contributed by atoms with Crippen LogP contribution in [0.5, 0.6) is 0 Å². The van der Waals surface area contributed by atoms with Gasteiger partial charge in [-0.3, -0.25) is 5.32 Å². The Kier molecular flexibility index (Phi) is 7.55. The predicted octanol–water partition coefficient (Wildman–Crippen LogP) is 1.32. The van der Waals surface area contributed by atoms with Gasteiger partial charge in [0.25, 0.3) is 0 Å². The van der Waals surface area contributed by atoms with Crippen LogP contribution in [0.2, 0.25) is 0 Å². The summed E-state index contributed by atoms with van der Waals surface area (Å²) in [6.07, 6.45) is 0.794. The first-order valence-electron chi connectivity index (χ1n) is 5.15. The normalized spacial score (nSPS) is 20.1. The van der Waals surface area contributed by atoms with Gasteiger partial charge in [0.1, 0.15) is 6.23 Å². The molecule has 0 aromatic heterocycles. The lowest BCUT2D eigenvalue weighted by Gasteiger charge is -2.24. The van der Waals surface area contributed by atoms with E-state index in [-0.39, 0.29) is 18.1 Å². The Morgan fingerprint density at radius 2 is 1.79 bits per heavy atom. The van der Waals surface area contributed by atoms with Crippen LogP contribution >= 0.6 is 11.6 Å². The van der Waals surface area contributed by atoms with Crippen molar-refractivity contribution >= 4 is 11.6 Å². The number of aliphatic hydroxyl groups excluding tert-OH is 2. The quantitative estimate of drug-likeness (QED) is 0.451. The Morgan fingerprint density at radius 3 is 2.14 bits per heavy atom. The third-order valence-corrected chi connectivity index (χ3v) is 2.56. The largest absolute Gasteiger partial charge is 0.393 e. The Morgan fingerprint density at radius 1 is 1.21 bits per heavy atom. The molecule has 0 radical (unpaired) electrons. The minimum Gasteiger partial charge on any atom is -0.393 e. The fourth-order valence-corrected chi connectivity index (χ4v) is 1.91. The number of aliphatic hydroxyl groups is 2. The van der Waals surface area contributed by atoms with Crippen molar-refractivity contribution < 1.29 is 10.2 Å². The molecule has 4 heteroatoms. The van der Waals surface area contributed by atoms with Gasteiger partial charge in [-0.1, -0.05) is 0 Å². The highest BCUT2D eigenvalue weighted by atomic mass is 35.5. The fourth-order valence-electron chi connectivity index (χ4n) is 1.63. The van der Waals surface area contributed by atoms with E-state index in [0.29, 0.717) is 5.88 Å². The summed E-state index contributed by atoms with van der Waals surface area (Å²) in [6, 6.07) is 0.192. The van der Waals surface area contributed by atoms with Crippen molar-refractivity contribution in [3.8, 4) is 0 Å². The minimum absolute atomic E-state index is 0.192. The first-order chi connectivity index (χ1) is 6.47. The van der Waals surface area contributed by atoms with Gasteiger partial charge in [-0.2, -0.15) is 0 Å². The van der Waals surface area contributed by atoms with E-state index < -0.39 is 6.23 Å². The molecular weight excluding hydrogens is 202 g/mol. The molecule has 0 aromatic carbocycles. The van der Waals surface area contributed by atoms with E-state index in [1.165, 1.54) is 0 Å². The first-order valence-corrected chi connectivity index (χ1v) is 5.69. The smallest absolute Gasteiger partial charge is 0.102 e. The molecule has 0 saturated heterocycles. The molecule has 0 aromatic rings. The lowest BCUT2D eigenvalue weighted by Crippen LogP contribution is -2.37. The molecule has 86 valence electrons. The Bertz CT molecular complexity index is 142. The minimum atomic E-state index is -0.504. The van der Waals surface area contributed by atoms with Crippen LogP contribution < -0.4 is 5.32 Å². The van der Waals surface area contributed by atoms with Crippen molar-refractivity contribution in [3.05, 3.63) is 0 Å². The summed E-state index contributed by atoms with van der Waals surface area (Å²) in [5.74, 6) is 0.769. The Balaban J connectivity index is 3.89. The maximum absolute atomic E-state index is 9.48. The lowest BCUT2D eigenvalue weighted by atomic mass is 9.93. The van der Waals surface area contributed by atoms with Crippen molar-refractivity contribution in [1.29, 1.82) is 0 Å². The van der Waals surface area contributed by atoms with Crippen LogP contribution in [-0.4, -0.2) is 34.5 Å². The van der Waals surface area contributed by atoms with Crippen LogP contribution in [0.3, 0.4) is 0 Å². The topological polar surface area (TPSA) is 52.5 Å². The summed E-state index contributed by atoms with van der Waals surface area (Å²) >= 11 is 5.65. The molecule has 0 amide bonds. The average Bonchev–Trinajstić information content (AvgIpc) is 2.01. The molecule has 0 spiro atoms. The third-order valence-electron chi connectivity index (χ3n) is 2.34. The second-order valence-electron chi connectivity index (χ2n) is 3.96. The van der Waals surface area contributed by atoms with Crippen LogP contribution in [0, 0.1) is 5.92 Å². The number of nitrogens with one attached hydrogen (secondary N) is 1. The molecular formula is C10H22ClNO2. The van der Waals surface area contributed by atoms with E-state index in [1.807, 2.05) is 6.92 Å². The van der Waals surface area contributed by atoms with Crippen LogP contribution in [0.15, 0.2) is 0 Å². The van der Waals surface area contributed by atoms with Crippen molar-refractivity contribution in [2.24, 2.45) is 5.92 Å². The summed E-state index contributed by atoms with van der Waals surface area (Å²) in [6.45, 7) is 5.47. The van der Waals surface area contributed by atoms with Gasteiger partial charge in [0.05, 0.1) is 6.10 Å². The maximum Gasteiger partial charge on any atom is 0.102 e. The number of rotatable bonds is 7. The molecule has 0 heterocycles. The highest BCUT2D eigenvalue weighted by Gasteiger charge is 2.18. The van der Waals surface area contributed by atoms with Gasteiger partial charge in [0.2, 0.25) is 0 Å². The zero-order chi connectivity index (χ0) is 11.1. The molecule has 0 fully saturated rings. The van der Waals surface area contributed by atoms with E-state index in [9.17, 15) is 5.11 Å². The molecule has 4 atom stereocenters. The van der Waals surface area contributed by atoms with Gasteiger partial charge in [-0.05, 0) is 39.5 Å². The van der Waals surface area contributed by atoms with Crippen LogP contribution in [0.1, 0.15) is 33.6 Å². The van der Waals surface area contributed by atoms with Crippen LogP contribution in [-0.2, 0) is 0 Å². The molecule has 0 aliphatic carbocycles.